The van der Waals surface area contributed by atoms with Crippen molar-refractivity contribution >= 4 is 34.5 Å². The Morgan fingerprint density at radius 3 is 3.00 bits per heavy atom. The molecule has 1 saturated heterocycles. The molecule has 0 saturated carbocycles. The van der Waals surface area contributed by atoms with E-state index in [4.69, 9.17) is 0 Å². The molecule has 0 radical (unpaired) electrons. The second kappa shape index (κ2) is 7.72. The monoisotopic (exact) mass is 363 g/mol. The summed E-state index contributed by atoms with van der Waals surface area (Å²) in [5.41, 5.74) is 2.61. The van der Waals surface area contributed by atoms with Gasteiger partial charge in [-0.05, 0) is 12.0 Å². The van der Waals surface area contributed by atoms with Gasteiger partial charge in [-0.15, -0.1) is 0 Å². The van der Waals surface area contributed by atoms with Crippen molar-refractivity contribution in [1.82, 2.24) is 19.9 Å². The average molecular weight is 363 g/mol. The topological polar surface area (TPSA) is 94.1 Å². The molecule has 0 bridgehead atoms. The molecule has 3 rings (SSSR count). The number of carbonyl (C=O) groups excluding carboxylic acids is 1. The van der Waals surface area contributed by atoms with E-state index in [0.29, 0.717) is 18.3 Å². The Balaban J connectivity index is 1.77. The Bertz CT molecular complexity index is 748. The van der Waals surface area contributed by atoms with Gasteiger partial charge < -0.3 is 15.4 Å². The highest BCUT2D eigenvalue weighted by molar-refractivity contribution is 7.98. The van der Waals surface area contributed by atoms with Gasteiger partial charge in [-0.2, -0.15) is 11.8 Å². The quantitative estimate of drug-likeness (QED) is 0.723. The number of aliphatic hydroxyl groups excluding tert-OH is 1. The highest BCUT2D eigenvalue weighted by Gasteiger charge is 2.31. The normalized spacial score (nSPS) is 21.3. The largest absolute Gasteiger partial charge is 0.391 e. The maximum Gasteiger partial charge on any atom is 0.228 e. The first kappa shape index (κ1) is 18.2. The molecule has 25 heavy (non-hydrogen) atoms. The number of β-amino-alcohol motifs (C(OH)–C–C–N with tert-alkyl or cyclic N) is 1. The second-order valence-corrected chi connectivity index (χ2v) is 7.79. The molecular formula is C17H25N5O2S. The minimum absolute atomic E-state index is 0.0706. The van der Waals surface area contributed by atoms with Crippen LogP contribution in [0.2, 0.25) is 0 Å². The van der Waals surface area contributed by atoms with Crippen LogP contribution < -0.4 is 5.32 Å². The molecule has 136 valence electrons. The fourth-order valence-corrected chi connectivity index (χ4v) is 3.91. The number of thioether (sulfide) groups is 1. The number of hydrogen-bond donors (Lipinski definition) is 3. The molecule has 3 N–H and O–H groups in total. The van der Waals surface area contributed by atoms with Crippen LogP contribution in [0.15, 0.2) is 12.5 Å². The molecule has 7 nitrogen and oxygen atoms in total. The number of anilines is 1. The molecule has 0 aliphatic carbocycles. The van der Waals surface area contributed by atoms with Crippen LogP contribution in [0, 0.1) is 11.8 Å². The molecule has 3 heterocycles. The third-order valence-electron chi connectivity index (χ3n) is 4.56. The lowest BCUT2D eigenvalue weighted by Crippen LogP contribution is -2.21. The minimum Gasteiger partial charge on any atom is -0.391 e. The van der Waals surface area contributed by atoms with Crippen molar-refractivity contribution < 1.29 is 9.90 Å². The number of aliphatic hydroxyl groups is 1. The summed E-state index contributed by atoms with van der Waals surface area (Å²) in [4.78, 5) is 26.0. The van der Waals surface area contributed by atoms with E-state index in [1.54, 1.807) is 11.8 Å². The molecule has 1 aliphatic rings. The summed E-state index contributed by atoms with van der Waals surface area (Å²) in [5.74, 6) is 1.61. The van der Waals surface area contributed by atoms with Gasteiger partial charge in [-0.25, -0.2) is 9.97 Å². The van der Waals surface area contributed by atoms with Gasteiger partial charge in [0.1, 0.15) is 11.8 Å². The third kappa shape index (κ3) is 3.96. The van der Waals surface area contributed by atoms with Gasteiger partial charge in [0.15, 0.2) is 5.82 Å². The van der Waals surface area contributed by atoms with Crippen LogP contribution in [0.1, 0.15) is 19.4 Å². The van der Waals surface area contributed by atoms with Crippen LogP contribution in [0.25, 0.3) is 11.0 Å². The fraction of sp³-hybridized carbons (Fsp3) is 0.588. The molecule has 1 fully saturated rings. The van der Waals surface area contributed by atoms with Crippen molar-refractivity contribution in [3.8, 4) is 0 Å². The van der Waals surface area contributed by atoms with Gasteiger partial charge in [0.2, 0.25) is 5.91 Å². The van der Waals surface area contributed by atoms with Crippen molar-refractivity contribution in [2.75, 3.05) is 30.4 Å². The summed E-state index contributed by atoms with van der Waals surface area (Å²) in [7, 11) is 0. The van der Waals surface area contributed by atoms with Gasteiger partial charge >= 0.3 is 0 Å². The van der Waals surface area contributed by atoms with Gasteiger partial charge in [0, 0.05) is 43.2 Å². The number of fused-ring (bicyclic) bond motifs is 1. The van der Waals surface area contributed by atoms with E-state index in [1.165, 1.54) is 6.33 Å². The fourth-order valence-electron chi connectivity index (χ4n) is 3.16. The van der Waals surface area contributed by atoms with Crippen LogP contribution in [-0.2, 0) is 11.3 Å². The van der Waals surface area contributed by atoms with E-state index in [0.717, 1.165) is 35.4 Å². The summed E-state index contributed by atoms with van der Waals surface area (Å²) in [5, 5.41) is 13.0. The first-order chi connectivity index (χ1) is 12.0. The van der Waals surface area contributed by atoms with Gasteiger partial charge in [-0.3, -0.25) is 9.69 Å². The molecule has 1 aliphatic heterocycles. The Morgan fingerprint density at radius 1 is 1.48 bits per heavy atom. The molecule has 0 spiro atoms. The summed E-state index contributed by atoms with van der Waals surface area (Å²) in [6.07, 6.45) is 5.19. The molecule has 8 heteroatoms. The standard InChI is InChI=1S/C17H25N5O2S/c1-10(2)17(24)21-16-15-14(19-9-20-16)11(4-18-15)5-22-6-12(8-25-3)13(23)7-22/h4,9-10,12-13,18,23H,5-8H2,1-3H3,(H,19,20,21,24). The lowest BCUT2D eigenvalue weighted by molar-refractivity contribution is -0.118. The number of H-pyrrole nitrogens is 1. The smallest absolute Gasteiger partial charge is 0.228 e. The first-order valence-electron chi connectivity index (χ1n) is 8.50. The zero-order valence-electron chi connectivity index (χ0n) is 14.8. The lowest BCUT2D eigenvalue weighted by Gasteiger charge is -2.14. The predicted molar refractivity (Wildman–Crippen MR) is 101 cm³/mol. The van der Waals surface area contributed by atoms with E-state index in [-0.39, 0.29) is 17.9 Å². The minimum atomic E-state index is -0.270. The summed E-state index contributed by atoms with van der Waals surface area (Å²) < 4.78 is 0. The summed E-state index contributed by atoms with van der Waals surface area (Å²) in [6, 6.07) is 0. The van der Waals surface area contributed by atoms with Crippen LogP contribution in [0.3, 0.4) is 0 Å². The van der Waals surface area contributed by atoms with Crippen molar-refractivity contribution in [2.24, 2.45) is 11.8 Å². The third-order valence-corrected chi connectivity index (χ3v) is 5.33. The first-order valence-corrected chi connectivity index (χ1v) is 9.90. The van der Waals surface area contributed by atoms with Gasteiger partial charge in [0.25, 0.3) is 0 Å². The molecular weight excluding hydrogens is 338 g/mol. The van der Waals surface area contributed by atoms with Gasteiger partial charge in [0.05, 0.1) is 11.6 Å². The number of aromatic nitrogens is 3. The second-order valence-electron chi connectivity index (χ2n) is 6.88. The highest BCUT2D eigenvalue weighted by atomic mass is 32.2. The van der Waals surface area contributed by atoms with Crippen molar-refractivity contribution in [3.63, 3.8) is 0 Å². The van der Waals surface area contributed by atoms with Crippen LogP contribution in [0.5, 0.6) is 0 Å². The molecule has 2 unspecified atom stereocenters. The maximum absolute atomic E-state index is 12.0. The summed E-state index contributed by atoms with van der Waals surface area (Å²) >= 11 is 1.77. The SMILES string of the molecule is CSCC1CN(Cc2c[nH]c3c(NC(=O)C(C)C)ncnc23)CC1O. The Morgan fingerprint density at radius 2 is 2.28 bits per heavy atom. The number of aromatic amines is 1. The lowest BCUT2D eigenvalue weighted by atomic mass is 10.1. The van der Waals surface area contributed by atoms with Gasteiger partial charge in [-0.1, -0.05) is 13.8 Å². The van der Waals surface area contributed by atoms with E-state index in [2.05, 4.69) is 31.4 Å². The van der Waals surface area contributed by atoms with E-state index >= 15 is 0 Å². The molecule has 0 aromatic carbocycles. The highest BCUT2D eigenvalue weighted by Crippen LogP contribution is 2.26. The average Bonchev–Trinajstić information content (AvgIpc) is 3.13. The number of likely N-dealkylation sites (tertiary alicyclic amines) is 1. The van der Waals surface area contributed by atoms with E-state index in [9.17, 15) is 9.90 Å². The number of carbonyl (C=O) groups is 1. The maximum atomic E-state index is 12.0. The van der Waals surface area contributed by atoms with E-state index < -0.39 is 0 Å². The van der Waals surface area contributed by atoms with E-state index in [1.807, 2.05) is 20.0 Å². The predicted octanol–water partition coefficient (Wildman–Crippen LogP) is 1.71. The number of nitrogens with one attached hydrogen (secondary N) is 2. The number of hydrogen-bond acceptors (Lipinski definition) is 6. The van der Waals surface area contributed by atoms with Crippen LogP contribution in [-0.4, -0.2) is 62.1 Å². The Labute approximate surface area is 151 Å². The van der Waals surface area contributed by atoms with Crippen molar-refractivity contribution in [2.45, 2.75) is 26.5 Å². The zero-order chi connectivity index (χ0) is 18.0. The number of amides is 1. The molecule has 1 amide bonds. The zero-order valence-corrected chi connectivity index (χ0v) is 15.6. The summed E-state index contributed by atoms with van der Waals surface area (Å²) in [6.45, 7) is 5.97. The molecule has 2 atom stereocenters. The molecule has 2 aromatic heterocycles. The Kier molecular flexibility index (Phi) is 5.61. The number of nitrogens with zero attached hydrogens (tertiary/aromatic N) is 3. The van der Waals surface area contributed by atoms with Crippen LogP contribution in [0.4, 0.5) is 5.82 Å². The van der Waals surface area contributed by atoms with Crippen molar-refractivity contribution in [1.29, 1.82) is 0 Å². The van der Waals surface area contributed by atoms with Crippen LogP contribution >= 0.6 is 11.8 Å². The Hall–Kier alpha value is -1.64. The van der Waals surface area contributed by atoms with Crippen molar-refractivity contribution in [3.05, 3.63) is 18.1 Å². The number of rotatable bonds is 6. The molecule has 2 aromatic rings.